The fourth-order valence-electron chi connectivity index (χ4n) is 3.62. The molecule has 0 aliphatic rings. The standard InChI is InChI=1S/C25H41N7O3/c1-18(33)27-20-13-10-12-19(16-20)17-26-25(8,21-28-29-30-32(21)23(2,3)4)14-11-15-31(9)22(34)35-24(5,6)7/h10,12-13,16,26H,11,14-15,17H2,1-9H3,(H,27,33). The number of hydrogen-bond donors (Lipinski definition) is 2. The Morgan fingerprint density at radius 2 is 1.80 bits per heavy atom. The number of nitrogens with one attached hydrogen (secondary N) is 2. The molecule has 0 fully saturated rings. The zero-order valence-electron chi connectivity index (χ0n) is 22.6. The minimum absolute atomic E-state index is 0.113. The lowest BCUT2D eigenvalue weighted by atomic mass is 9.92. The van der Waals surface area contributed by atoms with Gasteiger partial charge in [-0.2, -0.15) is 0 Å². The summed E-state index contributed by atoms with van der Waals surface area (Å²) in [6.45, 7) is 16.4. The first-order chi connectivity index (χ1) is 16.1. The number of aromatic nitrogens is 4. The first-order valence-electron chi connectivity index (χ1n) is 12.0. The van der Waals surface area contributed by atoms with E-state index in [1.807, 2.05) is 49.7 Å². The molecule has 10 heteroatoms. The number of ether oxygens (including phenoxy) is 1. The van der Waals surface area contributed by atoms with Crippen LogP contribution in [-0.4, -0.2) is 56.3 Å². The van der Waals surface area contributed by atoms with E-state index in [0.29, 0.717) is 25.9 Å². The summed E-state index contributed by atoms with van der Waals surface area (Å²) in [5.74, 6) is 0.612. The van der Waals surface area contributed by atoms with Crippen molar-refractivity contribution in [2.24, 2.45) is 0 Å². The van der Waals surface area contributed by atoms with E-state index in [9.17, 15) is 9.59 Å². The predicted octanol–water partition coefficient (Wildman–Crippen LogP) is 4.04. The van der Waals surface area contributed by atoms with Crippen LogP contribution in [0.25, 0.3) is 0 Å². The number of carbonyl (C=O) groups excluding carboxylic acids is 2. The maximum Gasteiger partial charge on any atom is 0.410 e. The molecule has 0 aliphatic carbocycles. The highest BCUT2D eigenvalue weighted by atomic mass is 16.6. The fraction of sp³-hybridized carbons (Fsp3) is 0.640. The van der Waals surface area contributed by atoms with Crippen molar-refractivity contribution >= 4 is 17.7 Å². The lowest BCUT2D eigenvalue weighted by molar-refractivity contribution is -0.114. The summed E-state index contributed by atoms with van der Waals surface area (Å²) in [6, 6.07) is 7.71. The molecule has 1 heterocycles. The zero-order valence-corrected chi connectivity index (χ0v) is 22.6. The normalized spacial score (nSPS) is 13.7. The fourth-order valence-corrected chi connectivity index (χ4v) is 3.62. The van der Waals surface area contributed by atoms with E-state index in [1.165, 1.54) is 6.92 Å². The van der Waals surface area contributed by atoms with Gasteiger partial charge >= 0.3 is 6.09 Å². The number of nitrogens with zero attached hydrogens (tertiary/aromatic N) is 5. The van der Waals surface area contributed by atoms with Gasteiger partial charge in [-0.15, -0.1) is 5.10 Å². The number of benzene rings is 1. The SMILES string of the molecule is CC(=O)Nc1cccc(CNC(C)(CCCN(C)C(=O)OC(C)(C)C)c2nnnn2C(C)(C)C)c1. The molecule has 194 valence electrons. The van der Waals surface area contributed by atoms with Gasteiger partial charge in [0.05, 0.1) is 11.1 Å². The van der Waals surface area contributed by atoms with Crippen molar-refractivity contribution in [2.45, 2.75) is 91.5 Å². The van der Waals surface area contributed by atoms with Crippen LogP contribution in [0.5, 0.6) is 0 Å². The second kappa shape index (κ2) is 11.2. The lowest BCUT2D eigenvalue weighted by Gasteiger charge is -2.33. The number of tetrazole rings is 1. The average Bonchev–Trinajstić information content (AvgIpc) is 3.22. The second-order valence-corrected chi connectivity index (χ2v) is 11.2. The summed E-state index contributed by atoms with van der Waals surface area (Å²) in [4.78, 5) is 25.4. The van der Waals surface area contributed by atoms with Crippen LogP contribution in [0.4, 0.5) is 10.5 Å². The second-order valence-electron chi connectivity index (χ2n) is 11.2. The molecule has 2 amide bonds. The molecule has 0 radical (unpaired) electrons. The Balaban J connectivity index is 2.20. The number of anilines is 1. The first kappa shape index (κ1) is 28.2. The Morgan fingerprint density at radius 1 is 1.11 bits per heavy atom. The third-order valence-corrected chi connectivity index (χ3v) is 5.40. The van der Waals surface area contributed by atoms with Gasteiger partial charge in [0.15, 0.2) is 5.82 Å². The van der Waals surface area contributed by atoms with E-state index in [2.05, 4.69) is 53.9 Å². The highest BCUT2D eigenvalue weighted by Gasteiger charge is 2.35. The minimum atomic E-state index is -0.574. The maximum atomic E-state index is 12.4. The van der Waals surface area contributed by atoms with Gasteiger partial charge in [0.25, 0.3) is 0 Å². The molecule has 35 heavy (non-hydrogen) atoms. The molecule has 0 bridgehead atoms. The molecule has 1 atom stereocenters. The van der Waals surface area contributed by atoms with Crippen LogP contribution in [0.3, 0.4) is 0 Å². The molecular formula is C25H41N7O3. The van der Waals surface area contributed by atoms with Gasteiger partial charge in [0, 0.05) is 32.7 Å². The Bertz CT molecular complexity index is 1010. The lowest BCUT2D eigenvalue weighted by Crippen LogP contribution is -2.44. The number of carbonyl (C=O) groups is 2. The Kier molecular flexibility index (Phi) is 9.00. The van der Waals surface area contributed by atoms with Crippen molar-refractivity contribution in [2.75, 3.05) is 18.9 Å². The highest BCUT2D eigenvalue weighted by molar-refractivity contribution is 5.88. The maximum absolute atomic E-state index is 12.4. The quantitative estimate of drug-likeness (QED) is 0.549. The molecule has 0 saturated heterocycles. The van der Waals surface area contributed by atoms with Gasteiger partial charge in [0.2, 0.25) is 5.91 Å². The molecule has 1 aromatic carbocycles. The number of hydrogen-bond acceptors (Lipinski definition) is 7. The summed E-state index contributed by atoms with van der Waals surface area (Å²) in [6.07, 6.45) is 1.05. The van der Waals surface area contributed by atoms with Crippen molar-refractivity contribution in [3.63, 3.8) is 0 Å². The summed E-state index contributed by atoms with van der Waals surface area (Å²) in [7, 11) is 1.74. The minimum Gasteiger partial charge on any atom is -0.444 e. The molecule has 1 unspecified atom stereocenters. The van der Waals surface area contributed by atoms with E-state index in [0.717, 1.165) is 17.1 Å². The third-order valence-electron chi connectivity index (χ3n) is 5.40. The summed E-state index contributed by atoms with van der Waals surface area (Å²) < 4.78 is 7.31. The molecule has 0 spiro atoms. The molecule has 1 aromatic heterocycles. The van der Waals surface area contributed by atoms with Crippen LogP contribution >= 0.6 is 0 Å². The molecule has 2 rings (SSSR count). The summed E-state index contributed by atoms with van der Waals surface area (Å²) in [5.41, 5.74) is 0.345. The van der Waals surface area contributed by atoms with Gasteiger partial charge in [0.1, 0.15) is 5.60 Å². The molecule has 10 nitrogen and oxygen atoms in total. The van der Waals surface area contributed by atoms with Crippen molar-refractivity contribution < 1.29 is 14.3 Å². The predicted molar refractivity (Wildman–Crippen MR) is 136 cm³/mol. The van der Waals surface area contributed by atoms with E-state index < -0.39 is 11.1 Å². The number of rotatable bonds is 9. The van der Waals surface area contributed by atoms with Gasteiger partial charge in [-0.05, 0) is 89.4 Å². The molecule has 0 saturated carbocycles. The Hall–Kier alpha value is -3.01. The van der Waals surface area contributed by atoms with E-state index in [-0.39, 0.29) is 17.5 Å². The third kappa shape index (κ3) is 8.61. The van der Waals surface area contributed by atoms with Crippen molar-refractivity contribution in [3.8, 4) is 0 Å². The Morgan fingerprint density at radius 3 is 2.40 bits per heavy atom. The average molecular weight is 488 g/mol. The monoisotopic (exact) mass is 487 g/mol. The van der Waals surface area contributed by atoms with Crippen molar-refractivity contribution in [1.29, 1.82) is 0 Å². The van der Waals surface area contributed by atoms with E-state index in [1.54, 1.807) is 11.9 Å². The first-order valence-corrected chi connectivity index (χ1v) is 12.0. The molecule has 2 N–H and O–H groups in total. The van der Waals surface area contributed by atoms with Crippen LogP contribution in [0.2, 0.25) is 0 Å². The largest absolute Gasteiger partial charge is 0.444 e. The van der Waals surface area contributed by atoms with Gasteiger partial charge < -0.3 is 20.3 Å². The van der Waals surface area contributed by atoms with Crippen LogP contribution in [0, 0.1) is 0 Å². The van der Waals surface area contributed by atoms with Crippen LogP contribution in [0.15, 0.2) is 24.3 Å². The Labute approximate surface area is 208 Å². The summed E-state index contributed by atoms with van der Waals surface area (Å²) >= 11 is 0. The summed E-state index contributed by atoms with van der Waals surface area (Å²) in [5, 5.41) is 19.1. The van der Waals surface area contributed by atoms with Crippen LogP contribution < -0.4 is 10.6 Å². The van der Waals surface area contributed by atoms with Crippen molar-refractivity contribution in [1.82, 2.24) is 30.4 Å². The van der Waals surface area contributed by atoms with Gasteiger partial charge in [-0.3, -0.25) is 4.79 Å². The number of amides is 2. The van der Waals surface area contributed by atoms with E-state index in [4.69, 9.17) is 4.74 Å². The highest BCUT2D eigenvalue weighted by Crippen LogP contribution is 2.28. The van der Waals surface area contributed by atoms with Gasteiger partial charge in [-0.25, -0.2) is 9.48 Å². The van der Waals surface area contributed by atoms with Crippen molar-refractivity contribution in [3.05, 3.63) is 35.7 Å². The molecule has 0 aliphatic heterocycles. The van der Waals surface area contributed by atoms with Gasteiger partial charge in [-0.1, -0.05) is 12.1 Å². The topological polar surface area (TPSA) is 114 Å². The molecule has 2 aromatic rings. The molecular weight excluding hydrogens is 446 g/mol. The zero-order chi connectivity index (χ0) is 26.4. The van der Waals surface area contributed by atoms with Crippen LogP contribution in [0.1, 0.15) is 79.6 Å². The van der Waals surface area contributed by atoms with Crippen LogP contribution in [-0.2, 0) is 27.2 Å². The van der Waals surface area contributed by atoms with E-state index >= 15 is 0 Å². The smallest absolute Gasteiger partial charge is 0.410 e.